The van der Waals surface area contributed by atoms with Gasteiger partial charge in [-0.2, -0.15) is 0 Å². The minimum Gasteiger partial charge on any atom is -0.389 e. The van der Waals surface area contributed by atoms with E-state index in [0.717, 1.165) is 0 Å². The molecule has 0 aromatic heterocycles. The molecule has 2 heteroatoms. The SMILES string of the molecule is C/C=C\C(C)O.CC#CC(C)O. The Labute approximate surface area is 74.9 Å². The molecule has 2 N–H and O–H groups in total. The number of aliphatic hydroxyl groups is 2. The average molecular weight is 170 g/mol. The van der Waals surface area contributed by atoms with Gasteiger partial charge in [-0.15, -0.1) is 5.92 Å². The molecule has 0 aliphatic heterocycles. The zero-order valence-electron chi connectivity index (χ0n) is 8.20. The lowest BCUT2D eigenvalue weighted by Gasteiger charge is -1.87. The first kappa shape index (κ1) is 13.8. The molecule has 0 aromatic rings. The summed E-state index contributed by atoms with van der Waals surface area (Å²) in [6.45, 7) is 6.94. The standard InChI is InChI=1S/C5H10O.C5H8O/c2*1-3-4-5(2)6/h3-6H,1-2H3;5-6H,1-2H3/b4-3-;. The van der Waals surface area contributed by atoms with E-state index >= 15 is 0 Å². The van der Waals surface area contributed by atoms with E-state index in [4.69, 9.17) is 10.2 Å². The highest BCUT2D eigenvalue weighted by Gasteiger charge is 1.78. The minimum absolute atomic E-state index is 0.282. The summed E-state index contributed by atoms with van der Waals surface area (Å²) in [5.74, 6) is 5.08. The molecule has 70 valence electrons. The van der Waals surface area contributed by atoms with Crippen LogP contribution in [-0.4, -0.2) is 22.4 Å². The molecule has 2 unspecified atom stereocenters. The maximum atomic E-state index is 8.47. The van der Waals surface area contributed by atoms with Crippen LogP contribution in [0.1, 0.15) is 27.7 Å². The Morgan fingerprint density at radius 2 is 1.75 bits per heavy atom. The highest BCUT2D eigenvalue weighted by atomic mass is 16.3. The van der Waals surface area contributed by atoms with Gasteiger partial charge in [-0.1, -0.05) is 18.1 Å². The fourth-order valence-corrected chi connectivity index (χ4v) is 0.487. The molecule has 0 aromatic carbocycles. The molecule has 0 rings (SSSR count). The van der Waals surface area contributed by atoms with Crippen LogP contribution in [0.25, 0.3) is 0 Å². The molecule has 0 radical (unpaired) electrons. The molecule has 0 bridgehead atoms. The first-order valence-corrected chi connectivity index (χ1v) is 3.95. The largest absolute Gasteiger partial charge is 0.389 e. The van der Waals surface area contributed by atoms with Crippen molar-refractivity contribution in [2.45, 2.75) is 39.9 Å². The molecule has 0 saturated heterocycles. The maximum Gasteiger partial charge on any atom is 0.111 e. The van der Waals surface area contributed by atoms with E-state index in [9.17, 15) is 0 Å². The van der Waals surface area contributed by atoms with Crippen LogP contribution in [0.3, 0.4) is 0 Å². The van der Waals surface area contributed by atoms with Crippen molar-refractivity contribution in [2.24, 2.45) is 0 Å². The number of hydrogen-bond acceptors (Lipinski definition) is 2. The number of allylic oxidation sites excluding steroid dienone is 1. The van der Waals surface area contributed by atoms with Gasteiger partial charge in [0.25, 0.3) is 0 Å². The summed E-state index contributed by atoms with van der Waals surface area (Å²) in [5, 5.41) is 16.8. The van der Waals surface area contributed by atoms with Crippen LogP contribution in [0, 0.1) is 11.8 Å². The first-order chi connectivity index (χ1) is 5.54. The molecule has 0 aliphatic rings. The van der Waals surface area contributed by atoms with Gasteiger partial charge in [0.2, 0.25) is 0 Å². The lowest BCUT2D eigenvalue weighted by atomic mass is 10.4. The lowest BCUT2D eigenvalue weighted by Crippen LogP contribution is -1.91. The molecule has 12 heavy (non-hydrogen) atoms. The van der Waals surface area contributed by atoms with Crippen molar-refractivity contribution in [2.75, 3.05) is 0 Å². The summed E-state index contributed by atoms with van der Waals surface area (Å²) in [5.41, 5.74) is 0. The molecule has 0 fully saturated rings. The summed E-state index contributed by atoms with van der Waals surface area (Å²) in [7, 11) is 0. The Morgan fingerprint density at radius 1 is 1.25 bits per heavy atom. The van der Waals surface area contributed by atoms with Crippen molar-refractivity contribution in [3.63, 3.8) is 0 Å². The summed E-state index contributed by atoms with van der Waals surface area (Å²) in [6, 6.07) is 0. The summed E-state index contributed by atoms with van der Waals surface area (Å²) in [6.07, 6.45) is 2.80. The van der Waals surface area contributed by atoms with Crippen LogP contribution in [-0.2, 0) is 0 Å². The first-order valence-electron chi connectivity index (χ1n) is 3.95. The molecular weight excluding hydrogens is 152 g/mol. The van der Waals surface area contributed by atoms with Crippen molar-refractivity contribution >= 4 is 0 Å². The highest BCUT2D eigenvalue weighted by molar-refractivity contribution is 4.99. The number of hydrogen-bond donors (Lipinski definition) is 2. The van der Waals surface area contributed by atoms with Gasteiger partial charge in [0.05, 0.1) is 6.10 Å². The molecule has 0 spiro atoms. The predicted molar refractivity (Wildman–Crippen MR) is 51.6 cm³/mol. The summed E-state index contributed by atoms with van der Waals surface area (Å²) >= 11 is 0. The van der Waals surface area contributed by atoms with E-state index in [1.807, 2.05) is 13.0 Å². The Hall–Kier alpha value is -0.780. The third-order valence-electron chi connectivity index (χ3n) is 0.824. The topological polar surface area (TPSA) is 40.5 Å². The highest BCUT2D eigenvalue weighted by Crippen LogP contribution is 1.78. The van der Waals surface area contributed by atoms with Crippen molar-refractivity contribution in [1.29, 1.82) is 0 Å². The molecule has 2 atom stereocenters. The van der Waals surface area contributed by atoms with Gasteiger partial charge in [-0.05, 0) is 27.7 Å². The van der Waals surface area contributed by atoms with E-state index in [-0.39, 0.29) is 6.10 Å². The molecule has 2 nitrogen and oxygen atoms in total. The predicted octanol–water partition coefficient (Wildman–Crippen LogP) is 1.33. The van der Waals surface area contributed by atoms with Crippen molar-refractivity contribution in [3.8, 4) is 11.8 Å². The van der Waals surface area contributed by atoms with E-state index in [0.29, 0.717) is 0 Å². The van der Waals surface area contributed by atoms with Crippen LogP contribution >= 0.6 is 0 Å². The van der Waals surface area contributed by atoms with E-state index in [1.54, 1.807) is 26.8 Å². The average Bonchev–Trinajstić information content (AvgIpc) is 1.87. The van der Waals surface area contributed by atoms with Gasteiger partial charge in [0.15, 0.2) is 0 Å². The van der Waals surface area contributed by atoms with Gasteiger partial charge in [-0.3, -0.25) is 0 Å². The van der Waals surface area contributed by atoms with Crippen LogP contribution in [0.5, 0.6) is 0 Å². The normalized spacial score (nSPS) is 13.8. The molecule has 0 saturated carbocycles. The van der Waals surface area contributed by atoms with Crippen molar-refractivity contribution < 1.29 is 10.2 Å². The molecule has 0 aliphatic carbocycles. The van der Waals surface area contributed by atoms with E-state index in [1.165, 1.54) is 0 Å². The van der Waals surface area contributed by atoms with Crippen molar-refractivity contribution in [1.82, 2.24) is 0 Å². The smallest absolute Gasteiger partial charge is 0.111 e. The van der Waals surface area contributed by atoms with Crippen LogP contribution in [0.15, 0.2) is 12.2 Å². The minimum atomic E-state index is -0.463. The van der Waals surface area contributed by atoms with Gasteiger partial charge < -0.3 is 10.2 Å². The lowest BCUT2D eigenvalue weighted by molar-refractivity contribution is 0.244. The quantitative estimate of drug-likeness (QED) is 0.460. The van der Waals surface area contributed by atoms with Gasteiger partial charge in [0, 0.05) is 0 Å². The summed E-state index contributed by atoms with van der Waals surface area (Å²) < 4.78 is 0. The van der Waals surface area contributed by atoms with Crippen LogP contribution < -0.4 is 0 Å². The zero-order valence-corrected chi connectivity index (χ0v) is 8.20. The zero-order chi connectivity index (χ0) is 9.98. The monoisotopic (exact) mass is 170 g/mol. The third kappa shape index (κ3) is 22.9. The van der Waals surface area contributed by atoms with Crippen molar-refractivity contribution in [3.05, 3.63) is 12.2 Å². The second-order valence-corrected chi connectivity index (χ2v) is 2.34. The number of aliphatic hydroxyl groups excluding tert-OH is 2. The van der Waals surface area contributed by atoms with Gasteiger partial charge >= 0.3 is 0 Å². The van der Waals surface area contributed by atoms with E-state index < -0.39 is 6.10 Å². The second-order valence-electron chi connectivity index (χ2n) is 2.34. The summed E-state index contributed by atoms with van der Waals surface area (Å²) in [4.78, 5) is 0. The Balaban J connectivity index is 0. The van der Waals surface area contributed by atoms with Crippen LogP contribution in [0.4, 0.5) is 0 Å². The molecule has 0 amide bonds. The second kappa shape index (κ2) is 10.2. The Bertz CT molecular complexity index is 158. The molecular formula is C10H18O2. The fourth-order valence-electron chi connectivity index (χ4n) is 0.487. The third-order valence-corrected chi connectivity index (χ3v) is 0.824. The van der Waals surface area contributed by atoms with E-state index in [2.05, 4.69) is 11.8 Å². The Kier molecular flexibility index (Phi) is 11.7. The Morgan fingerprint density at radius 3 is 1.75 bits per heavy atom. The van der Waals surface area contributed by atoms with Crippen LogP contribution in [0.2, 0.25) is 0 Å². The maximum absolute atomic E-state index is 8.47. The molecule has 0 heterocycles. The number of rotatable bonds is 1. The van der Waals surface area contributed by atoms with Gasteiger partial charge in [-0.25, -0.2) is 0 Å². The van der Waals surface area contributed by atoms with Gasteiger partial charge in [0.1, 0.15) is 6.10 Å². The fraction of sp³-hybridized carbons (Fsp3) is 0.600.